The summed E-state index contributed by atoms with van der Waals surface area (Å²) in [5, 5.41) is 1.28. The van der Waals surface area contributed by atoms with E-state index in [1.165, 1.54) is 15.8 Å². The third-order valence-corrected chi connectivity index (χ3v) is 5.62. The molecular formula is C17H13ClN2O2S. The second kappa shape index (κ2) is 5.58. The van der Waals surface area contributed by atoms with E-state index >= 15 is 0 Å². The maximum Gasteiger partial charge on any atom is 0.262 e. The first-order chi connectivity index (χ1) is 11.1. The van der Waals surface area contributed by atoms with Gasteiger partial charge in [0.05, 0.1) is 18.3 Å². The number of rotatable bonds is 3. The molecule has 2 aromatic heterocycles. The first kappa shape index (κ1) is 14.6. The van der Waals surface area contributed by atoms with Crippen molar-refractivity contribution in [1.29, 1.82) is 0 Å². The van der Waals surface area contributed by atoms with Gasteiger partial charge in [-0.2, -0.15) is 0 Å². The molecule has 0 saturated carbocycles. The van der Waals surface area contributed by atoms with E-state index in [0.717, 1.165) is 29.7 Å². The first-order valence-electron chi connectivity index (χ1n) is 7.42. The van der Waals surface area contributed by atoms with E-state index in [1.54, 1.807) is 35.6 Å². The van der Waals surface area contributed by atoms with E-state index in [9.17, 15) is 9.59 Å². The SMILES string of the molecule is O=C(Cn1cnc2sc3c(c2c1=O)CCC3)c1ccc(Cl)cc1. The predicted molar refractivity (Wildman–Crippen MR) is 91.7 cm³/mol. The minimum atomic E-state index is -0.128. The van der Waals surface area contributed by atoms with E-state index < -0.39 is 0 Å². The van der Waals surface area contributed by atoms with Gasteiger partial charge in [0, 0.05) is 15.5 Å². The topological polar surface area (TPSA) is 52.0 Å². The lowest BCUT2D eigenvalue weighted by atomic mass is 10.1. The van der Waals surface area contributed by atoms with E-state index in [0.29, 0.717) is 16.0 Å². The Hall–Kier alpha value is -1.98. The zero-order chi connectivity index (χ0) is 16.0. The highest BCUT2D eigenvalue weighted by Gasteiger charge is 2.21. The molecule has 0 spiro atoms. The van der Waals surface area contributed by atoms with Crippen molar-refractivity contribution in [3.63, 3.8) is 0 Å². The Labute approximate surface area is 141 Å². The highest BCUT2D eigenvalue weighted by molar-refractivity contribution is 7.18. The van der Waals surface area contributed by atoms with Crippen LogP contribution in [0.25, 0.3) is 10.2 Å². The molecule has 0 fully saturated rings. The van der Waals surface area contributed by atoms with Gasteiger partial charge in [0.2, 0.25) is 0 Å². The van der Waals surface area contributed by atoms with Gasteiger partial charge in [-0.05, 0) is 49.1 Å². The average Bonchev–Trinajstić information content (AvgIpc) is 3.11. The van der Waals surface area contributed by atoms with Gasteiger partial charge in [-0.1, -0.05) is 11.6 Å². The average molecular weight is 345 g/mol. The molecular weight excluding hydrogens is 332 g/mol. The molecule has 23 heavy (non-hydrogen) atoms. The van der Waals surface area contributed by atoms with Crippen molar-refractivity contribution in [3.8, 4) is 0 Å². The lowest BCUT2D eigenvalue weighted by Crippen LogP contribution is -2.24. The van der Waals surface area contributed by atoms with Gasteiger partial charge in [0.1, 0.15) is 4.83 Å². The van der Waals surface area contributed by atoms with Crippen LogP contribution in [0.3, 0.4) is 0 Å². The molecule has 6 heteroatoms. The first-order valence-corrected chi connectivity index (χ1v) is 8.61. The standard InChI is InChI=1S/C17H13ClN2O2S/c18-11-6-4-10(5-7-11)13(21)8-20-9-19-16-15(17(20)22)12-2-1-3-14(12)23-16/h4-7,9H,1-3,8H2. The zero-order valence-corrected chi connectivity index (χ0v) is 13.8. The van der Waals surface area contributed by atoms with Gasteiger partial charge in [0.25, 0.3) is 5.56 Å². The Morgan fingerprint density at radius 3 is 2.83 bits per heavy atom. The summed E-state index contributed by atoms with van der Waals surface area (Å²) in [6.45, 7) is -0.00593. The molecule has 0 amide bonds. The Kier molecular flexibility index (Phi) is 3.54. The van der Waals surface area contributed by atoms with Crippen LogP contribution in [0.5, 0.6) is 0 Å². The molecule has 0 unspecified atom stereocenters. The molecule has 4 rings (SSSR count). The number of Topliss-reactive ketones (excluding diaryl/α,β-unsaturated/α-hetero) is 1. The minimum Gasteiger partial charge on any atom is -0.292 e. The molecule has 1 aliphatic carbocycles. The van der Waals surface area contributed by atoms with E-state index in [2.05, 4.69) is 4.98 Å². The van der Waals surface area contributed by atoms with Gasteiger partial charge in [-0.15, -0.1) is 11.3 Å². The Bertz CT molecular complexity index is 973. The van der Waals surface area contributed by atoms with Crippen LogP contribution in [0, 0.1) is 0 Å². The summed E-state index contributed by atoms with van der Waals surface area (Å²) in [4.78, 5) is 31.5. The summed E-state index contributed by atoms with van der Waals surface area (Å²) in [7, 11) is 0. The largest absolute Gasteiger partial charge is 0.292 e. The van der Waals surface area contributed by atoms with Crippen LogP contribution in [0.1, 0.15) is 27.2 Å². The summed E-state index contributed by atoms with van der Waals surface area (Å²) in [6, 6.07) is 6.68. The van der Waals surface area contributed by atoms with Crippen molar-refractivity contribution in [2.24, 2.45) is 0 Å². The summed E-state index contributed by atoms with van der Waals surface area (Å²) in [5.41, 5.74) is 1.56. The van der Waals surface area contributed by atoms with Crippen LogP contribution in [0.4, 0.5) is 0 Å². The quantitative estimate of drug-likeness (QED) is 0.683. The fourth-order valence-electron chi connectivity index (χ4n) is 3.01. The van der Waals surface area contributed by atoms with E-state index in [-0.39, 0.29) is 17.9 Å². The molecule has 1 aromatic carbocycles. The summed E-state index contributed by atoms with van der Waals surface area (Å²) in [6.07, 6.45) is 4.53. The molecule has 0 N–H and O–H groups in total. The predicted octanol–water partition coefficient (Wildman–Crippen LogP) is 3.48. The Morgan fingerprint density at radius 1 is 1.26 bits per heavy atom. The second-order valence-corrected chi connectivity index (χ2v) is 7.17. The van der Waals surface area contributed by atoms with E-state index in [1.807, 2.05) is 0 Å². The molecule has 0 aliphatic heterocycles. The van der Waals surface area contributed by atoms with Crippen LogP contribution in [0.15, 0.2) is 35.4 Å². The number of hydrogen-bond acceptors (Lipinski definition) is 4. The normalized spacial score (nSPS) is 13.4. The highest BCUT2D eigenvalue weighted by atomic mass is 35.5. The zero-order valence-electron chi connectivity index (χ0n) is 12.2. The monoisotopic (exact) mass is 344 g/mol. The van der Waals surface area contributed by atoms with Gasteiger partial charge in [-0.3, -0.25) is 14.2 Å². The van der Waals surface area contributed by atoms with Crippen LogP contribution in [-0.2, 0) is 19.4 Å². The van der Waals surface area contributed by atoms with Crippen molar-refractivity contribution in [3.05, 3.63) is 62.0 Å². The van der Waals surface area contributed by atoms with E-state index in [4.69, 9.17) is 11.6 Å². The summed E-state index contributed by atoms with van der Waals surface area (Å²) >= 11 is 7.44. The highest BCUT2D eigenvalue weighted by Crippen LogP contribution is 2.34. The number of nitrogens with zero attached hydrogens (tertiary/aromatic N) is 2. The summed E-state index contributed by atoms with van der Waals surface area (Å²) in [5.74, 6) is -0.128. The lowest BCUT2D eigenvalue weighted by Gasteiger charge is -2.05. The third kappa shape index (κ3) is 2.50. The van der Waals surface area contributed by atoms with Crippen LogP contribution in [-0.4, -0.2) is 15.3 Å². The molecule has 116 valence electrons. The number of halogens is 1. The third-order valence-electron chi connectivity index (χ3n) is 4.17. The van der Waals surface area contributed by atoms with Gasteiger partial charge in [-0.25, -0.2) is 4.98 Å². The number of aromatic nitrogens is 2. The molecule has 0 radical (unpaired) electrons. The Balaban J connectivity index is 1.72. The van der Waals surface area contributed by atoms with Crippen molar-refractivity contribution in [2.45, 2.75) is 25.8 Å². The van der Waals surface area contributed by atoms with Crippen molar-refractivity contribution < 1.29 is 4.79 Å². The number of thiophene rings is 1. The number of hydrogen-bond donors (Lipinski definition) is 0. The molecule has 1 aliphatic rings. The van der Waals surface area contributed by atoms with Crippen molar-refractivity contribution in [2.75, 3.05) is 0 Å². The number of carbonyl (C=O) groups excluding carboxylic acids is 1. The molecule has 0 atom stereocenters. The van der Waals surface area contributed by atoms with Gasteiger partial charge >= 0.3 is 0 Å². The fraction of sp³-hybridized carbons (Fsp3) is 0.235. The maximum absolute atomic E-state index is 12.7. The maximum atomic E-state index is 12.7. The fourth-order valence-corrected chi connectivity index (χ4v) is 4.36. The number of aryl methyl sites for hydroxylation is 2. The molecule has 2 heterocycles. The van der Waals surface area contributed by atoms with Gasteiger partial charge in [0.15, 0.2) is 5.78 Å². The number of fused-ring (bicyclic) bond motifs is 3. The number of carbonyl (C=O) groups is 1. The second-order valence-electron chi connectivity index (χ2n) is 5.65. The lowest BCUT2D eigenvalue weighted by molar-refractivity contribution is 0.0970. The molecule has 0 saturated heterocycles. The Morgan fingerprint density at radius 2 is 2.04 bits per heavy atom. The minimum absolute atomic E-state index is 0.00593. The molecule has 4 nitrogen and oxygen atoms in total. The van der Waals surface area contributed by atoms with Crippen LogP contribution in [0.2, 0.25) is 5.02 Å². The van der Waals surface area contributed by atoms with Crippen LogP contribution >= 0.6 is 22.9 Å². The van der Waals surface area contributed by atoms with Crippen molar-refractivity contribution in [1.82, 2.24) is 9.55 Å². The smallest absolute Gasteiger partial charge is 0.262 e. The molecule has 3 aromatic rings. The number of ketones is 1. The summed E-state index contributed by atoms with van der Waals surface area (Å²) < 4.78 is 1.41. The van der Waals surface area contributed by atoms with Crippen molar-refractivity contribution >= 4 is 38.9 Å². The van der Waals surface area contributed by atoms with Crippen LogP contribution < -0.4 is 5.56 Å². The van der Waals surface area contributed by atoms with Gasteiger partial charge < -0.3 is 0 Å². The number of benzene rings is 1. The molecule has 0 bridgehead atoms.